The molecule has 0 saturated heterocycles. The van der Waals surface area contributed by atoms with Gasteiger partial charge in [-0.25, -0.2) is 0 Å². The third-order valence-corrected chi connectivity index (χ3v) is 3.25. The number of hydrogen-bond acceptors (Lipinski definition) is 5. The summed E-state index contributed by atoms with van der Waals surface area (Å²) in [7, 11) is 0. The molecule has 0 aliphatic heterocycles. The van der Waals surface area contributed by atoms with Gasteiger partial charge in [0.15, 0.2) is 0 Å². The second kappa shape index (κ2) is 7.48. The molecule has 0 spiro atoms. The minimum absolute atomic E-state index is 0.115. The van der Waals surface area contributed by atoms with E-state index < -0.39 is 0 Å². The Bertz CT molecular complexity index is 395. The Morgan fingerprint density at radius 1 is 1.05 bits per heavy atom. The third kappa shape index (κ3) is 4.82. The Morgan fingerprint density at radius 2 is 1.74 bits per heavy atom. The van der Waals surface area contributed by atoms with E-state index in [9.17, 15) is 0 Å². The molecular weight excluding hydrogens is 266 g/mol. The molecule has 0 amide bonds. The first-order valence-corrected chi connectivity index (χ1v) is 7.36. The molecule has 0 bridgehead atoms. The third-order valence-electron chi connectivity index (χ3n) is 3.08. The second-order valence-electron chi connectivity index (χ2n) is 4.75. The molecule has 1 aliphatic carbocycles. The van der Waals surface area contributed by atoms with Crippen LogP contribution in [0.1, 0.15) is 51.9 Å². The normalized spacial score (nSPS) is 16.9. The van der Waals surface area contributed by atoms with Crippen molar-refractivity contribution in [3.8, 4) is 12.0 Å². The zero-order valence-electron chi connectivity index (χ0n) is 11.3. The van der Waals surface area contributed by atoms with Gasteiger partial charge in [-0.3, -0.25) is 0 Å². The first-order valence-electron chi connectivity index (χ1n) is 6.99. The standard InChI is InChI=1S/C13H20ClN3O2/c1-2-9-18-12-15-11(14)16-13(17-12)19-10-7-5-3-4-6-8-10/h10H,2-9H2,1H3. The molecule has 0 aromatic carbocycles. The van der Waals surface area contributed by atoms with Crippen LogP contribution >= 0.6 is 11.6 Å². The molecular formula is C13H20ClN3O2. The molecule has 1 aromatic rings. The van der Waals surface area contributed by atoms with Gasteiger partial charge in [-0.2, -0.15) is 9.97 Å². The van der Waals surface area contributed by atoms with Crippen LogP contribution in [0.2, 0.25) is 5.28 Å². The Labute approximate surface area is 118 Å². The van der Waals surface area contributed by atoms with Crippen molar-refractivity contribution >= 4 is 11.6 Å². The van der Waals surface area contributed by atoms with Crippen LogP contribution in [0.25, 0.3) is 0 Å². The molecule has 5 nitrogen and oxygen atoms in total. The van der Waals surface area contributed by atoms with Crippen molar-refractivity contribution in [2.75, 3.05) is 6.61 Å². The molecule has 1 fully saturated rings. The molecule has 1 aliphatic rings. The fourth-order valence-electron chi connectivity index (χ4n) is 2.13. The van der Waals surface area contributed by atoms with E-state index >= 15 is 0 Å². The Kier molecular flexibility index (Phi) is 5.63. The quantitative estimate of drug-likeness (QED) is 0.776. The van der Waals surface area contributed by atoms with Crippen LogP contribution in [0.3, 0.4) is 0 Å². The summed E-state index contributed by atoms with van der Waals surface area (Å²) in [6.07, 6.45) is 8.13. The summed E-state index contributed by atoms with van der Waals surface area (Å²) < 4.78 is 11.2. The minimum Gasteiger partial charge on any atom is -0.463 e. The lowest BCUT2D eigenvalue weighted by Crippen LogP contribution is -2.17. The second-order valence-corrected chi connectivity index (χ2v) is 5.09. The predicted molar refractivity (Wildman–Crippen MR) is 72.7 cm³/mol. The SMILES string of the molecule is CCCOc1nc(Cl)nc(OC2CCCCCC2)n1. The van der Waals surface area contributed by atoms with Crippen LogP contribution in [-0.2, 0) is 0 Å². The highest BCUT2D eigenvalue weighted by Crippen LogP contribution is 2.22. The average molecular weight is 286 g/mol. The molecule has 6 heteroatoms. The summed E-state index contributed by atoms with van der Waals surface area (Å²) in [5.41, 5.74) is 0. The van der Waals surface area contributed by atoms with Crippen LogP contribution in [0.4, 0.5) is 0 Å². The van der Waals surface area contributed by atoms with Gasteiger partial charge in [-0.1, -0.05) is 19.8 Å². The van der Waals surface area contributed by atoms with E-state index in [0.717, 1.165) is 19.3 Å². The molecule has 1 heterocycles. The molecule has 0 radical (unpaired) electrons. The largest absolute Gasteiger partial charge is 0.463 e. The van der Waals surface area contributed by atoms with E-state index in [1.165, 1.54) is 25.7 Å². The molecule has 106 valence electrons. The molecule has 1 aromatic heterocycles. The van der Waals surface area contributed by atoms with Gasteiger partial charge in [-0.15, -0.1) is 4.98 Å². The maximum absolute atomic E-state index is 5.86. The molecule has 0 N–H and O–H groups in total. The summed E-state index contributed by atoms with van der Waals surface area (Å²) in [5, 5.41) is 0.115. The zero-order chi connectivity index (χ0) is 13.5. The van der Waals surface area contributed by atoms with E-state index in [4.69, 9.17) is 21.1 Å². The van der Waals surface area contributed by atoms with E-state index in [1.807, 2.05) is 6.92 Å². The Balaban J connectivity index is 1.99. The predicted octanol–water partition coefficient (Wildman–Crippen LogP) is 3.42. The average Bonchev–Trinajstić information content (AvgIpc) is 2.64. The summed E-state index contributed by atoms with van der Waals surface area (Å²) >= 11 is 5.86. The van der Waals surface area contributed by atoms with Crippen molar-refractivity contribution in [3.05, 3.63) is 5.28 Å². The summed E-state index contributed by atoms with van der Waals surface area (Å²) in [6.45, 7) is 2.58. The van der Waals surface area contributed by atoms with Gasteiger partial charge in [0.05, 0.1) is 6.61 Å². The summed E-state index contributed by atoms with van der Waals surface area (Å²) in [4.78, 5) is 12.1. The lowest BCUT2D eigenvalue weighted by Gasteiger charge is -2.15. The van der Waals surface area contributed by atoms with Gasteiger partial charge < -0.3 is 9.47 Å². The van der Waals surface area contributed by atoms with Crippen LogP contribution in [0.15, 0.2) is 0 Å². The highest BCUT2D eigenvalue weighted by Gasteiger charge is 2.16. The Hall–Kier alpha value is -1.10. The van der Waals surface area contributed by atoms with Crippen LogP contribution in [-0.4, -0.2) is 27.7 Å². The van der Waals surface area contributed by atoms with E-state index in [-0.39, 0.29) is 23.4 Å². The van der Waals surface area contributed by atoms with E-state index in [1.54, 1.807) is 0 Å². The van der Waals surface area contributed by atoms with Crippen molar-refractivity contribution in [1.29, 1.82) is 0 Å². The molecule has 19 heavy (non-hydrogen) atoms. The van der Waals surface area contributed by atoms with Crippen molar-refractivity contribution in [1.82, 2.24) is 15.0 Å². The number of ether oxygens (including phenoxy) is 2. The molecule has 0 atom stereocenters. The fourth-order valence-corrected chi connectivity index (χ4v) is 2.28. The van der Waals surface area contributed by atoms with Gasteiger partial charge in [0.1, 0.15) is 6.10 Å². The number of aromatic nitrogens is 3. The topological polar surface area (TPSA) is 57.1 Å². The monoisotopic (exact) mass is 285 g/mol. The smallest absolute Gasteiger partial charge is 0.324 e. The van der Waals surface area contributed by atoms with Crippen LogP contribution in [0, 0.1) is 0 Å². The van der Waals surface area contributed by atoms with Gasteiger partial charge in [-0.05, 0) is 43.7 Å². The number of rotatable bonds is 5. The summed E-state index contributed by atoms with van der Waals surface area (Å²) in [5.74, 6) is 0. The fraction of sp³-hybridized carbons (Fsp3) is 0.769. The van der Waals surface area contributed by atoms with Gasteiger partial charge in [0.2, 0.25) is 5.28 Å². The van der Waals surface area contributed by atoms with Crippen molar-refractivity contribution in [2.45, 2.75) is 58.0 Å². The number of halogens is 1. The molecule has 1 saturated carbocycles. The zero-order valence-corrected chi connectivity index (χ0v) is 12.0. The lowest BCUT2D eigenvalue weighted by atomic mass is 10.2. The minimum atomic E-state index is 0.115. The van der Waals surface area contributed by atoms with Gasteiger partial charge in [0.25, 0.3) is 0 Å². The van der Waals surface area contributed by atoms with Crippen LogP contribution in [0.5, 0.6) is 12.0 Å². The van der Waals surface area contributed by atoms with Gasteiger partial charge in [0, 0.05) is 0 Å². The highest BCUT2D eigenvalue weighted by atomic mass is 35.5. The van der Waals surface area contributed by atoms with Crippen molar-refractivity contribution in [2.24, 2.45) is 0 Å². The number of nitrogens with zero attached hydrogens (tertiary/aromatic N) is 3. The van der Waals surface area contributed by atoms with E-state index in [2.05, 4.69) is 15.0 Å². The molecule has 2 rings (SSSR count). The Morgan fingerprint density at radius 3 is 2.42 bits per heavy atom. The first kappa shape index (κ1) is 14.3. The van der Waals surface area contributed by atoms with Crippen LogP contribution < -0.4 is 9.47 Å². The maximum atomic E-state index is 5.86. The summed E-state index contributed by atoms with van der Waals surface area (Å²) in [6, 6.07) is 0.517. The highest BCUT2D eigenvalue weighted by molar-refractivity contribution is 6.28. The number of hydrogen-bond donors (Lipinski definition) is 0. The molecule has 0 unspecified atom stereocenters. The maximum Gasteiger partial charge on any atom is 0.324 e. The van der Waals surface area contributed by atoms with Crippen molar-refractivity contribution < 1.29 is 9.47 Å². The lowest BCUT2D eigenvalue weighted by molar-refractivity contribution is 0.163. The van der Waals surface area contributed by atoms with Gasteiger partial charge >= 0.3 is 12.0 Å². The first-order chi connectivity index (χ1) is 9.28. The van der Waals surface area contributed by atoms with E-state index in [0.29, 0.717) is 6.61 Å². The van der Waals surface area contributed by atoms with Crippen molar-refractivity contribution in [3.63, 3.8) is 0 Å².